The Morgan fingerprint density at radius 1 is 0.914 bits per heavy atom. The van der Waals surface area contributed by atoms with Gasteiger partial charge in [-0.25, -0.2) is 4.79 Å². The van der Waals surface area contributed by atoms with Crippen LogP contribution in [-0.4, -0.2) is 47.3 Å². The summed E-state index contributed by atoms with van der Waals surface area (Å²) in [7, 11) is 0. The zero-order valence-electron chi connectivity index (χ0n) is 19.7. The van der Waals surface area contributed by atoms with Crippen molar-refractivity contribution >= 4 is 41.3 Å². The van der Waals surface area contributed by atoms with E-state index < -0.39 is 24.5 Å². The minimum absolute atomic E-state index is 0.198. The molecule has 0 fully saturated rings. The minimum atomic E-state index is -1.17. The molecule has 0 saturated heterocycles. The van der Waals surface area contributed by atoms with Gasteiger partial charge in [0.1, 0.15) is 6.54 Å². The van der Waals surface area contributed by atoms with E-state index in [0.29, 0.717) is 17.0 Å². The summed E-state index contributed by atoms with van der Waals surface area (Å²) in [4.78, 5) is 36.3. The van der Waals surface area contributed by atoms with E-state index in [1.165, 1.54) is 5.56 Å². The van der Waals surface area contributed by atoms with Gasteiger partial charge in [0.15, 0.2) is 0 Å². The van der Waals surface area contributed by atoms with Crippen molar-refractivity contribution in [1.82, 2.24) is 10.2 Å². The number of rotatable bonds is 8. The molecule has 0 aliphatic rings. The number of thioether (sulfide) groups is 1. The summed E-state index contributed by atoms with van der Waals surface area (Å²) in [6, 6.07) is 23.9. The fraction of sp³-hybridized carbons (Fsp3) is 0.222. The molecular weight excluding hydrogens is 484 g/mol. The largest absolute Gasteiger partial charge is 0.480 e. The number of carbonyl (C=O) groups is 3. The van der Waals surface area contributed by atoms with E-state index in [0.717, 1.165) is 21.8 Å². The van der Waals surface area contributed by atoms with Gasteiger partial charge in [0, 0.05) is 22.9 Å². The minimum Gasteiger partial charge on any atom is -0.480 e. The number of halogens is 1. The maximum atomic E-state index is 12.6. The van der Waals surface area contributed by atoms with Gasteiger partial charge in [0.25, 0.3) is 5.91 Å². The molecule has 3 aromatic carbocycles. The number of carboxylic acid groups (broad SMARTS) is 1. The molecule has 35 heavy (non-hydrogen) atoms. The molecule has 2 N–H and O–H groups in total. The summed E-state index contributed by atoms with van der Waals surface area (Å²) in [5.41, 5.74) is 3.63. The lowest BCUT2D eigenvalue weighted by molar-refractivity contribution is -0.135. The fourth-order valence-corrected chi connectivity index (χ4v) is 3.76. The Morgan fingerprint density at radius 2 is 1.49 bits per heavy atom. The van der Waals surface area contributed by atoms with Crippen LogP contribution in [0.4, 0.5) is 4.79 Å². The Labute approximate surface area is 215 Å². The first kappa shape index (κ1) is 28.0. The van der Waals surface area contributed by atoms with Crippen LogP contribution in [-0.2, 0) is 10.5 Å². The van der Waals surface area contributed by atoms with Crippen LogP contribution < -0.4 is 5.32 Å². The van der Waals surface area contributed by atoms with Crippen molar-refractivity contribution in [2.24, 2.45) is 0 Å². The molecular formula is C27H29ClN2O4S. The summed E-state index contributed by atoms with van der Waals surface area (Å²) in [6.45, 7) is 1.49. The van der Waals surface area contributed by atoms with Crippen molar-refractivity contribution in [3.8, 4) is 11.1 Å². The second-order valence-electron chi connectivity index (χ2n) is 7.51. The SMILES string of the molecule is CCCN(C(=O)NCC(=O)O)C(=O)c1ccc(-c2ccc(Cl)cc2)cc1.CSCc1ccccc1. The smallest absolute Gasteiger partial charge is 0.324 e. The van der Waals surface area contributed by atoms with Crippen molar-refractivity contribution in [2.45, 2.75) is 19.1 Å². The lowest BCUT2D eigenvalue weighted by Crippen LogP contribution is -2.45. The third-order valence-corrected chi connectivity index (χ3v) is 5.67. The number of benzene rings is 3. The molecule has 8 heteroatoms. The molecule has 184 valence electrons. The van der Waals surface area contributed by atoms with Crippen LogP contribution >= 0.6 is 23.4 Å². The van der Waals surface area contributed by atoms with Crippen LogP contribution in [0.2, 0.25) is 5.02 Å². The summed E-state index contributed by atoms with van der Waals surface area (Å²) < 4.78 is 0. The molecule has 0 radical (unpaired) electrons. The summed E-state index contributed by atoms with van der Waals surface area (Å²) in [5, 5.41) is 11.5. The van der Waals surface area contributed by atoms with Crippen molar-refractivity contribution in [3.63, 3.8) is 0 Å². The van der Waals surface area contributed by atoms with E-state index in [1.54, 1.807) is 36.4 Å². The third-order valence-electron chi connectivity index (χ3n) is 4.79. The maximum absolute atomic E-state index is 12.6. The van der Waals surface area contributed by atoms with Crippen molar-refractivity contribution in [2.75, 3.05) is 19.3 Å². The molecule has 0 bridgehead atoms. The Kier molecular flexibility index (Phi) is 11.9. The van der Waals surface area contributed by atoms with Gasteiger partial charge in [-0.2, -0.15) is 11.8 Å². The standard InChI is InChI=1S/C19H19ClN2O4.C8H10S/c1-2-11-22(19(26)21-12-17(23)24)18(25)15-5-3-13(4-6-15)14-7-9-16(20)10-8-14;1-9-7-8-5-3-2-4-6-8/h3-10H,2,11-12H2,1H3,(H,21,26)(H,23,24);2-6H,7H2,1H3. The number of imide groups is 1. The van der Waals surface area contributed by atoms with Gasteiger partial charge in [-0.15, -0.1) is 0 Å². The van der Waals surface area contributed by atoms with Gasteiger partial charge >= 0.3 is 12.0 Å². The second kappa shape index (κ2) is 14.9. The van der Waals surface area contributed by atoms with Crippen LogP contribution in [0.15, 0.2) is 78.9 Å². The molecule has 3 rings (SSSR count). The van der Waals surface area contributed by atoms with Gasteiger partial charge in [-0.3, -0.25) is 14.5 Å². The molecule has 0 atom stereocenters. The number of urea groups is 1. The Balaban J connectivity index is 0.000000402. The number of aliphatic carboxylic acids is 1. The van der Waals surface area contributed by atoms with Crippen molar-refractivity contribution in [1.29, 1.82) is 0 Å². The first-order valence-electron chi connectivity index (χ1n) is 11.1. The molecule has 0 aromatic heterocycles. The second-order valence-corrected chi connectivity index (χ2v) is 8.81. The van der Waals surface area contributed by atoms with Crippen LogP contribution in [0.3, 0.4) is 0 Å². The number of nitrogens with one attached hydrogen (secondary N) is 1. The first-order chi connectivity index (χ1) is 16.8. The number of hydrogen-bond donors (Lipinski definition) is 2. The van der Waals surface area contributed by atoms with E-state index >= 15 is 0 Å². The molecule has 0 aliphatic carbocycles. The molecule has 0 spiro atoms. The van der Waals surface area contributed by atoms with E-state index in [4.69, 9.17) is 16.7 Å². The monoisotopic (exact) mass is 512 g/mol. The van der Waals surface area contributed by atoms with Gasteiger partial charge < -0.3 is 10.4 Å². The molecule has 6 nitrogen and oxygen atoms in total. The highest BCUT2D eigenvalue weighted by atomic mass is 35.5. The molecule has 3 amide bonds. The predicted octanol–water partition coefficient (Wildman–Crippen LogP) is 6.20. The molecule has 0 unspecified atom stereocenters. The summed E-state index contributed by atoms with van der Waals surface area (Å²) in [5.74, 6) is -0.521. The molecule has 0 aliphatic heterocycles. The summed E-state index contributed by atoms with van der Waals surface area (Å²) in [6.07, 6.45) is 2.68. The van der Waals surface area contributed by atoms with E-state index in [-0.39, 0.29) is 6.54 Å². The fourth-order valence-electron chi connectivity index (χ4n) is 3.11. The van der Waals surface area contributed by atoms with Crippen LogP contribution in [0.1, 0.15) is 29.3 Å². The highest BCUT2D eigenvalue weighted by Crippen LogP contribution is 2.22. The average Bonchev–Trinajstić information content (AvgIpc) is 2.87. The van der Waals surface area contributed by atoms with Gasteiger partial charge in [-0.1, -0.05) is 73.1 Å². The topological polar surface area (TPSA) is 86.7 Å². The number of carbonyl (C=O) groups excluding carboxylic acids is 2. The highest BCUT2D eigenvalue weighted by Gasteiger charge is 2.22. The van der Waals surface area contributed by atoms with Gasteiger partial charge in [-0.05, 0) is 53.6 Å². The van der Waals surface area contributed by atoms with E-state index in [1.807, 2.05) is 36.9 Å². The quantitative estimate of drug-likeness (QED) is 0.375. The van der Waals surface area contributed by atoms with Crippen molar-refractivity contribution in [3.05, 3.63) is 95.0 Å². The van der Waals surface area contributed by atoms with Crippen LogP contribution in [0, 0.1) is 0 Å². The highest BCUT2D eigenvalue weighted by molar-refractivity contribution is 7.97. The lowest BCUT2D eigenvalue weighted by atomic mass is 10.0. The summed E-state index contributed by atoms with van der Waals surface area (Å²) >= 11 is 7.74. The third kappa shape index (κ3) is 9.47. The zero-order chi connectivity index (χ0) is 25.6. The number of hydrogen-bond acceptors (Lipinski definition) is 4. The molecule has 3 aromatic rings. The molecule has 0 saturated carbocycles. The normalized spacial score (nSPS) is 10.0. The predicted molar refractivity (Wildman–Crippen MR) is 143 cm³/mol. The Morgan fingerprint density at radius 3 is 2.00 bits per heavy atom. The van der Waals surface area contributed by atoms with Crippen molar-refractivity contribution < 1.29 is 19.5 Å². The number of carboxylic acids is 1. The van der Waals surface area contributed by atoms with E-state index in [2.05, 4.69) is 35.8 Å². The van der Waals surface area contributed by atoms with E-state index in [9.17, 15) is 14.4 Å². The average molecular weight is 513 g/mol. The number of nitrogens with zero attached hydrogens (tertiary/aromatic N) is 1. The maximum Gasteiger partial charge on any atom is 0.324 e. The van der Waals surface area contributed by atoms with Crippen LogP contribution in [0.5, 0.6) is 0 Å². The lowest BCUT2D eigenvalue weighted by Gasteiger charge is -2.20. The zero-order valence-corrected chi connectivity index (χ0v) is 21.3. The molecule has 0 heterocycles. The van der Waals surface area contributed by atoms with Crippen LogP contribution in [0.25, 0.3) is 11.1 Å². The van der Waals surface area contributed by atoms with Gasteiger partial charge in [0.2, 0.25) is 0 Å². The Bertz CT molecular complexity index is 1090. The Hall–Kier alpha value is -3.29. The first-order valence-corrected chi connectivity index (χ1v) is 12.8. The van der Waals surface area contributed by atoms with Gasteiger partial charge in [0.05, 0.1) is 0 Å². The number of amides is 3.